The number of hydrogen-bond donors (Lipinski definition) is 0. The molecule has 0 saturated heterocycles. The second-order valence-electron chi connectivity index (χ2n) is 7.62. The van der Waals surface area contributed by atoms with Crippen LogP contribution in [-0.2, 0) is 10.0 Å². The van der Waals surface area contributed by atoms with Crippen LogP contribution in [0.2, 0.25) is 0 Å². The summed E-state index contributed by atoms with van der Waals surface area (Å²) in [6.45, 7) is 3.87. The second-order valence-corrected chi connectivity index (χ2v) is 9.58. The van der Waals surface area contributed by atoms with E-state index in [4.69, 9.17) is 4.74 Å². The topological polar surface area (TPSA) is 66.9 Å². The SMILES string of the molecule is COc1ccccc1N(C)S(=O)(=O)c1ccc(C)c(C(=O)N(C)C(C)C2CC2)c1. The molecule has 2 aromatic rings. The summed E-state index contributed by atoms with van der Waals surface area (Å²) in [5.41, 5.74) is 1.60. The van der Waals surface area contributed by atoms with Crippen LogP contribution in [-0.4, -0.2) is 46.5 Å². The fraction of sp³-hybridized carbons (Fsp3) is 0.409. The molecule has 1 amide bonds. The molecule has 0 N–H and O–H groups in total. The Kier molecular flexibility index (Phi) is 5.89. The van der Waals surface area contributed by atoms with Gasteiger partial charge >= 0.3 is 0 Å². The highest BCUT2D eigenvalue weighted by atomic mass is 32.2. The highest BCUT2D eigenvalue weighted by Gasteiger charge is 2.33. The number of carbonyl (C=O) groups is 1. The molecule has 156 valence electrons. The third kappa shape index (κ3) is 4.10. The molecule has 0 bridgehead atoms. The normalized spacial score (nSPS) is 14.9. The van der Waals surface area contributed by atoms with Crippen LogP contribution in [0.1, 0.15) is 35.7 Å². The summed E-state index contributed by atoms with van der Waals surface area (Å²) >= 11 is 0. The van der Waals surface area contributed by atoms with Gasteiger partial charge in [-0.05, 0) is 62.4 Å². The number of aryl methyl sites for hydroxylation is 1. The molecular weight excluding hydrogens is 388 g/mol. The highest BCUT2D eigenvalue weighted by molar-refractivity contribution is 7.92. The minimum Gasteiger partial charge on any atom is -0.495 e. The molecule has 1 unspecified atom stereocenters. The Morgan fingerprint density at radius 3 is 2.41 bits per heavy atom. The summed E-state index contributed by atoms with van der Waals surface area (Å²) in [6.07, 6.45) is 2.27. The molecule has 6 nitrogen and oxygen atoms in total. The summed E-state index contributed by atoms with van der Waals surface area (Å²) in [4.78, 5) is 14.9. The Labute approximate surface area is 173 Å². The molecular formula is C22H28N2O4S. The number of benzene rings is 2. The Morgan fingerprint density at radius 2 is 1.79 bits per heavy atom. The molecule has 7 heteroatoms. The van der Waals surface area contributed by atoms with Crippen molar-refractivity contribution in [2.75, 3.05) is 25.5 Å². The van der Waals surface area contributed by atoms with Crippen LogP contribution < -0.4 is 9.04 Å². The van der Waals surface area contributed by atoms with Crippen LogP contribution in [0.25, 0.3) is 0 Å². The molecule has 1 atom stereocenters. The van der Waals surface area contributed by atoms with Crippen LogP contribution in [0.5, 0.6) is 5.75 Å². The van der Waals surface area contributed by atoms with Gasteiger partial charge in [0, 0.05) is 25.7 Å². The number of rotatable bonds is 7. The third-order valence-corrected chi connectivity index (χ3v) is 7.53. The van der Waals surface area contributed by atoms with Gasteiger partial charge in [-0.3, -0.25) is 9.10 Å². The van der Waals surface area contributed by atoms with E-state index in [9.17, 15) is 13.2 Å². The van der Waals surface area contributed by atoms with Crippen molar-refractivity contribution in [3.8, 4) is 5.75 Å². The summed E-state index contributed by atoms with van der Waals surface area (Å²) < 4.78 is 33.0. The van der Waals surface area contributed by atoms with E-state index in [-0.39, 0.29) is 16.8 Å². The molecule has 1 fully saturated rings. The number of para-hydroxylation sites is 2. The van der Waals surface area contributed by atoms with Crippen molar-refractivity contribution < 1.29 is 17.9 Å². The van der Waals surface area contributed by atoms with Gasteiger partial charge in [-0.1, -0.05) is 18.2 Å². The highest BCUT2D eigenvalue weighted by Crippen LogP contribution is 2.35. The van der Waals surface area contributed by atoms with Crippen LogP contribution >= 0.6 is 0 Å². The van der Waals surface area contributed by atoms with E-state index >= 15 is 0 Å². The molecule has 1 saturated carbocycles. The van der Waals surface area contributed by atoms with E-state index in [0.717, 1.165) is 18.4 Å². The maximum absolute atomic E-state index is 13.3. The lowest BCUT2D eigenvalue weighted by Crippen LogP contribution is -2.37. The zero-order valence-electron chi connectivity index (χ0n) is 17.5. The maximum atomic E-state index is 13.3. The first-order valence-corrected chi connectivity index (χ1v) is 11.1. The molecule has 0 aromatic heterocycles. The van der Waals surface area contributed by atoms with Gasteiger partial charge in [0.05, 0.1) is 17.7 Å². The zero-order chi connectivity index (χ0) is 21.3. The Morgan fingerprint density at radius 1 is 1.14 bits per heavy atom. The molecule has 0 spiro atoms. The zero-order valence-corrected chi connectivity index (χ0v) is 18.4. The molecule has 0 radical (unpaired) electrons. The minimum atomic E-state index is -3.86. The van der Waals surface area contributed by atoms with Crippen molar-refractivity contribution in [3.63, 3.8) is 0 Å². The van der Waals surface area contributed by atoms with Gasteiger partial charge in [-0.25, -0.2) is 8.42 Å². The van der Waals surface area contributed by atoms with E-state index in [2.05, 4.69) is 0 Å². The van der Waals surface area contributed by atoms with Gasteiger partial charge in [-0.15, -0.1) is 0 Å². The molecule has 0 aliphatic heterocycles. The maximum Gasteiger partial charge on any atom is 0.264 e. The lowest BCUT2D eigenvalue weighted by molar-refractivity contribution is 0.0726. The predicted molar refractivity (Wildman–Crippen MR) is 114 cm³/mol. The van der Waals surface area contributed by atoms with Gasteiger partial charge in [0.1, 0.15) is 5.75 Å². The lowest BCUT2D eigenvalue weighted by atomic mass is 10.1. The predicted octanol–water partition coefficient (Wildman–Crippen LogP) is 3.70. The van der Waals surface area contributed by atoms with Crippen molar-refractivity contribution in [1.82, 2.24) is 4.90 Å². The number of anilines is 1. The second kappa shape index (κ2) is 8.06. The first-order valence-electron chi connectivity index (χ1n) is 9.68. The lowest BCUT2D eigenvalue weighted by Gasteiger charge is -2.26. The standard InChI is InChI=1S/C22H28N2O4S/c1-15-10-13-18(14-19(15)22(25)23(3)16(2)17-11-12-17)29(26,27)24(4)20-8-6-7-9-21(20)28-5/h6-10,13-14,16-17H,11-12H2,1-5H3. The number of methoxy groups -OCH3 is 1. The first-order chi connectivity index (χ1) is 13.7. The summed E-state index contributed by atoms with van der Waals surface area (Å²) in [5, 5.41) is 0. The minimum absolute atomic E-state index is 0.0762. The van der Waals surface area contributed by atoms with Crippen LogP contribution in [0, 0.1) is 12.8 Å². The van der Waals surface area contributed by atoms with Crippen LogP contribution in [0.3, 0.4) is 0 Å². The molecule has 2 aromatic carbocycles. The number of nitrogens with zero attached hydrogens (tertiary/aromatic N) is 2. The van der Waals surface area contributed by atoms with Gasteiger partial charge in [0.15, 0.2) is 0 Å². The summed E-state index contributed by atoms with van der Waals surface area (Å²) in [7, 11) is 0.901. The number of sulfonamides is 1. The summed E-state index contributed by atoms with van der Waals surface area (Å²) in [5.74, 6) is 0.840. The Bertz CT molecular complexity index is 1020. The Hall–Kier alpha value is -2.54. The quantitative estimate of drug-likeness (QED) is 0.690. The molecule has 1 aliphatic rings. The fourth-order valence-corrected chi connectivity index (χ4v) is 4.67. The largest absolute Gasteiger partial charge is 0.495 e. The van der Waals surface area contributed by atoms with E-state index < -0.39 is 10.0 Å². The smallest absolute Gasteiger partial charge is 0.264 e. The van der Waals surface area contributed by atoms with Crippen molar-refractivity contribution in [3.05, 3.63) is 53.6 Å². The number of ether oxygens (including phenoxy) is 1. The summed E-state index contributed by atoms with van der Waals surface area (Å²) in [6, 6.07) is 11.8. The van der Waals surface area contributed by atoms with Crippen LogP contribution in [0.15, 0.2) is 47.4 Å². The average molecular weight is 417 g/mol. The van der Waals surface area contributed by atoms with Gasteiger partial charge < -0.3 is 9.64 Å². The van der Waals surface area contributed by atoms with Gasteiger partial charge in [0.2, 0.25) is 0 Å². The van der Waals surface area contributed by atoms with E-state index in [0.29, 0.717) is 22.9 Å². The monoisotopic (exact) mass is 416 g/mol. The van der Waals surface area contributed by atoms with E-state index in [1.807, 2.05) is 13.8 Å². The van der Waals surface area contributed by atoms with Gasteiger partial charge in [-0.2, -0.15) is 0 Å². The van der Waals surface area contributed by atoms with Gasteiger partial charge in [0.25, 0.3) is 15.9 Å². The molecule has 29 heavy (non-hydrogen) atoms. The number of hydrogen-bond acceptors (Lipinski definition) is 4. The molecule has 1 aliphatic carbocycles. The first kappa shape index (κ1) is 21.2. The average Bonchev–Trinajstić information content (AvgIpc) is 3.57. The third-order valence-electron chi connectivity index (χ3n) is 5.76. The molecule has 0 heterocycles. The number of amides is 1. The van der Waals surface area contributed by atoms with Crippen molar-refractivity contribution >= 4 is 21.6 Å². The van der Waals surface area contributed by atoms with Crippen LogP contribution in [0.4, 0.5) is 5.69 Å². The van der Waals surface area contributed by atoms with Crippen molar-refractivity contribution in [2.24, 2.45) is 5.92 Å². The van der Waals surface area contributed by atoms with Crippen molar-refractivity contribution in [2.45, 2.75) is 37.6 Å². The Balaban J connectivity index is 1.96. The van der Waals surface area contributed by atoms with Crippen molar-refractivity contribution in [1.29, 1.82) is 0 Å². The van der Waals surface area contributed by atoms with E-state index in [1.54, 1.807) is 42.3 Å². The fourth-order valence-electron chi connectivity index (χ4n) is 3.44. The number of carbonyl (C=O) groups excluding carboxylic acids is 1. The van der Waals surface area contributed by atoms with E-state index in [1.165, 1.54) is 30.6 Å². The molecule has 3 rings (SSSR count).